The van der Waals surface area contributed by atoms with Crippen LogP contribution in [0.3, 0.4) is 0 Å². The molecule has 5 aromatic rings. The Bertz CT molecular complexity index is 2120. The minimum absolute atomic E-state index is 0.111. The minimum Gasteiger partial charge on any atom is -0.347 e. The lowest BCUT2D eigenvalue weighted by atomic mass is 9.79. The lowest BCUT2D eigenvalue weighted by Gasteiger charge is -2.24. The third kappa shape index (κ3) is 4.68. The molecule has 2 nitrogen and oxygen atoms in total. The number of hydrogen-bond donors (Lipinski definition) is 0. The molecule has 0 fully saturated rings. The van der Waals surface area contributed by atoms with E-state index in [1.807, 2.05) is 0 Å². The molecule has 2 heterocycles. The molecule has 222 valence electrons. The maximum absolute atomic E-state index is 2.36. The highest BCUT2D eigenvalue weighted by Crippen LogP contribution is 2.50. The highest BCUT2D eigenvalue weighted by Gasteiger charge is 2.44. The van der Waals surface area contributed by atoms with E-state index in [1.54, 1.807) is 0 Å². The summed E-state index contributed by atoms with van der Waals surface area (Å²) in [6.07, 6.45) is 13.5. The summed E-state index contributed by atoms with van der Waals surface area (Å²) in [6.45, 7) is 9.37. The van der Waals surface area contributed by atoms with E-state index in [4.69, 9.17) is 0 Å². The van der Waals surface area contributed by atoms with Crippen LogP contribution in [0.15, 0.2) is 145 Å². The Morgan fingerprint density at radius 2 is 1.29 bits per heavy atom. The first-order chi connectivity index (χ1) is 21.7. The van der Waals surface area contributed by atoms with E-state index in [9.17, 15) is 0 Å². The predicted octanol–water partition coefficient (Wildman–Crippen LogP) is 10.5. The van der Waals surface area contributed by atoms with Crippen molar-refractivity contribution in [1.29, 1.82) is 0 Å². The SMILES string of the molecule is CN1C(=CC=CC(=CC=CC2=[N+](C)c3ccc4ccccc4c3C2(C)C)c2ccccc2)C(C)(C)c2c1ccc1ccccc21. The summed E-state index contributed by atoms with van der Waals surface area (Å²) in [5.74, 6) is 0. The first-order valence-corrected chi connectivity index (χ1v) is 15.9. The molecule has 0 saturated heterocycles. The second-order valence-corrected chi connectivity index (χ2v) is 13.4. The number of allylic oxidation sites excluding steroid dienone is 8. The Kier molecular flexibility index (Phi) is 6.97. The van der Waals surface area contributed by atoms with Crippen molar-refractivity contribution in [3.05, 3.63) is 162 Å². The Morgan fingerprint density at radius 3 is 2.00 bits per heavy atom. The number of likely N-dealkylation sites (N-methyl/N-ethyl adjacent to an activating group) is 1. The molecule has 2 aliphatic heterocycles. The molecule has 0 aliphatic carbocycles. The number of rotatable bonds is 5. The van der Waals surface area contributed by atoms with E-state index in [-0.39, 0.29) is 10.8 Å². The maximum Gasteiger partial charge on any atom is 0.210 e. The van der Waals surface area contributed by atoms with Crippen LogP contribution in [0.4, 0.5) is 11.4 Å². The number of anilines is 1. The molecule has 0 atom stereocenters. The molecule has 0 aromatic heterocycles. The second-order valence-electron chi connectivity index (χ2n) is 13.4. The quantitative estimate of drug-likeness (QED) is 0.147. The zero-order valence-corrected chi connectivity index (χ0v) is 27.2. The van der Waals surface area contributed by atoms with Gasteiger partial charge in [-0.3, -0.25) is 0 Å². The standard InChI is InChI=1S/C43H41N2/c1-42(2)38(44(5)36-28-26-32-18-10-12-22-34(32)40(36)42)24-14-20-31(30-16-8-7-9-17-30)21-15-25-39-43(3,4)41-35-23-13-11-19-33(35)27-29-37(41)45(39)6/h7-29H,1-6H3/q+1. The highest BCUT2D eigenvalue weighted by atomic mass is 15.2. The van der Waals surface area contributed by atoms with E-state index >= 15 is 0 Å². The van der Waals surface area contributed by atoms with Gasteiger partial charge in [0, 0.05) is 41.6 Å². The van der Waals surface area contributed by atoms with Gasteiger partial charge in [-0.25, -0.2) is 0 Å². The third-order valence-corrected chi connectivity index (χ3v) is 9.96. The van der Waals surface area contributed by atoms with Crippen molar-refractivity contribution in [1.82, 2.24) is 0 Å². The average Bonchev–Trinajstić information content (AvgIpc) is 3.37. The van der Waals surface area contributed by atoms with Gasteiger partial charge in [-0.1, -0.05) is 123 Å². The Hall–Kier alpha value is -4.95. The fourth-order valence-corrected chi connectivity index (χ4v) is 7.75. The van der Waals surface area contributed by atoms with Crippen LogP contribution < -0.4 is 4.90 Å². The van der Waals surface area contributed by atoms with Crippen LogP contribution in [0.1, 0.15) is 44.4 Å². The zero-order chi connectivity index (χ0) is 31.3. The number of nitrogens with zero attached hydrogens (tertiary/aromatic N) is 2. The molecule has 0 bridgehead atoms. The molecular weight excluding hydrogens is 544 g/mol. The van der Waals surface area contributed by atoms with E-state index in [1.165, 1.54) is 66.6 Å². The van der Waals surface area contributed by atoms with Crippen molar-refractivity contribution in [3.8, 4) is 0 Å². The summed E-state index contributed by atoms with van der Waals surface area (Å²) in [5, 5.41) is 5.25. The van der Waals surface area contributed by atoms with Crippen LogP contribution in [0.5, 0.6) is 0 Å². The number of benzene rings is 5. The van der Waals surface area contributed by atoms with Gasteiger partial charge < -0.3 is 4.90 Å². The summed E-state index contributed by atoms with van der Waals surface area (Å²) in [5.41, 5.74) is 10.1. The van der Waals surface area contributed by atoms with E-state index in [2.05, 4.69) is 191 Å². The Balaban J connectivity index is 1.23. The largest absolute Gasteiger partial charge is 0.347 e. The van der Waals surface area contributed by atoms with E-state index in [0.29, 0.717) is 0 Å². The fourth-order valence-electron chi connectivity index (χ4n) is 7.75. The molecule has 0 radical (unpaired) electrons. The summed E-state index contributed by atoms with van der Waals surface area (Å²) >= 11 is 0. The Morgan fingerprint density at radius 1 is 0.667 bits per heavy atom. The van der Waals surface area contributed by atoms with Crippen LogP contribution >= 0.6 is 0 Å². The van der Waals surface area contributed by atoms with Gasteiger partial charge in [0.1, 0.15) is 7.05 Å². The molecule has 0 saturated carbocycles. The minimum atomic E-state index is -0.111. The predicted molar refractivity (Wildman–Crippen MR) is 194 cm³/mol. The maximum atomic E-state index is 2.36. The Labute approximate surface area is 267 Å². The van der Waals surface area contributed by atoms with Crippen LogP contribution in [0.25, 0.3) is 27.1 Å². The van der Waals surface area contributed by atoms with Crippen molar-refractivity contribution < 1.29 is 4.58 Å². The normalized spacial score (nSPS) is 18.2. The third-order valence-electron chi connectivity index (χ3n) is 9.96. The van der Waals surface area contributed by atoms with Crippen molar-refractivity contribution in [3.63, 3.8) is 0 Å². The molecule has 0 spiro atoms. The zero-order valence-electron chi connectivity index (χ0n) is 27.2. The van der Waals surface area contributed by atoms with Gasteiger partial charge in [0.05, 0.1) is 5.41 Å². The second kappa shape index (κ2) is 10.9. The molecule has 7 rings (SSSR count). The molecule has 5 aromatic carbocycles. The highest BCUT2D eigenvalue weighted by molar-refractivity contribution is 6.07. The van der Waals surface area contributed by atoms with Crippen molar-refractivity contribution in [2.45, 2.75) is 38.5 Å². The fraction of sp³-hybridized carbons (Fsp3) is 0.186. The van der Waals surface area contributed by atoms with Gasteiger partial charge >= 0.3 is 0 Å². The van der Waals surface area contributed by atoms with Gasteiger partial charge in [0.25, 0.3) is 0 Å². The van der Waals surface area contributed by atoms with E-state index in [0.717, 1.165) is 0 Å². The van der Waals surface area contributed by atoms with Crippen LogP contribution in [-0.4, -0.2) is 24.4 Å². The average molecular weight is 586 g/mol. The van der Waals surface area contributed by atoms with Gasteiger partial charge in [-0.05, 0) is 70.3 Å². The van der Waals surface area contributed by atoms with E-state index < -0.39 is 0 Å². The molecule has 0 unspecified atom stereocenters. The molecule has 45 heavy (non-hydrogen) atoms. The number of fused-ring (bicyclic) bond motifs is 6. The lowest BCUT2D eigenvalue weighted by molar-refractivity contribution is -0.401. The number of hydrogen-bond acceptors (Lipinski definition) is 1. The molecule has 2 heteroatoms. The van der Waals surface area contributed by atoms with Gasteiger partial charge in [-0.15, -0.1) is 0 Å². The van der Waals surface area contributed by atoms with Crippen molar-refractivity contribution in [2.24, 2.45) is 0 Å². The monoisotopic (exact) mass is 585 g/mol. The van der Waals surface area contributed by atoms with Crippen molar-refractivity contribution in [2.75, 3.05) is 19.0 Å². The van der Waals surface area contributed by atoms with Gasteiger partial charge in [0.2, 0.25) is 5.69 Å². The topological polar surface area (TPSA) is 6.25 Å². The molecular formula is C43H41N2+. The lowest BCUT2D eigenvalue weighted by Crippen LogP contribution is -2.26. The summed E-state index contributed by atoms with van der Waals surface area (Å²) in [6, 6.07) is 37.2. The summed E-state index contributed by atoms with van der Waals surface area (Å²) < 4.78 is 2.36. The van der Waals surface area contributed by atoms with Gasteiger partial charge in [0.15, 0.2) is 5.71 Å². The van der Waals surface area contributed by atoms with Crippen LogP contribution in [0.2, 0.25) is 0 Å². The molecule has 0 amide bonds. The first kappa shape index (κ1) is 28.8. The first-order valence-electron chi connectivity index (χ1n) is 15.9. The van der Waals surface area contributed by atoms with Crippen molar-refractivity contribution >= 4 is 44.2 Å². The summed E-state index contributed by atoms with van der Waals surface area (Å²) in [7, 11) is 4.38. The van der Waals surface area contributed by atoms with Gasteiger partial charge in [-0.2, -0.15) is 4.58 Å². The van der Waals surface area contributed by atoms with Crippen LogP contribution in [-0.2, 0) is 10.8 Å². The summed E-state index contributed by atoms with van der Waals surface area (Å²) in [4.78, 5) is 2.36. The molecule has 2 aliphatic rings. The molecule has 0 N–H and O–H groups in total. The smallest absolute Gasteiger partial charge is 0.210 e. The van der Waals surface area contributed by atoms with Crippen LogP contribution in [0, 0.1) is 0 Å².